The largest absolute Gasteiger partial charge is 0.465 e. The third-order valence-electron chi connectivity index (χ3n) is 4.72. The molecule has 0 aromatic heterocycles. The average Bonchev–Trinajstić information content (AvgIpc) is 3.01. The SMILES string of the molecule is Nc1ccc(C[C@@H]2CC[C@H](C(O)c3ccccc3)N2C(=O)O)cc1. The van der Waals surface area contributed by atoms with Crippen molar-refractivity contribution >= 4 is 11.8 Å². The molecule has 126 valence electrons. The normalized spacial score (nSPS) is 21.6. The minimum absolute atomic E-state index is 0.130. The number of likely N-dealkylation sites (tertiary alicyclic amines) is 1. The Balaban J connectivity index is 1.78. The number of benzene rings is 2. The van der Waals surface area contributed by atoms with E-state index in [1.54, 1.807) is 0 Å². The smallest absolute Gasteiger partial charge is 0.407 e. The lowest BCUT2D eigenvalue weighted by atomic mass is 10.0. The Hall–Kier alpha value is -2.53. The van der Waals surface area contributed by atoms with Crippen LogP contribution in [0.2, 0.25) is 0 Å². The topological polar surface area (TPSA) is 86.8 Å². The molecule has 0 spiro atoms. The number of aliphatic hydroxyl groups excluding tert-OH is 1. The Morgan fingerprint density at radius 1 is 1.12 bits per heavy atom. The third-order valence-corrected chi connectivity index (χ3v) is 4.72. The summed E-state index contributed by atoms with van der Waals surface area (Å²) in [6.45, 7) is 0. The maximum Gasteiger partial charge on any atom is 0.407 e. The second-order valence-electron chi connectivity index (χ2n) is 6.29. The van der Waals surface area contributed by atoms with E-state index >= 15 is 0 Å². The molecule has 1 aliphatic rings. The zero-order valence-corrected chi connectivity index (χ0v) is 13.4. The molecule has 1 amide bonds. The molecule has 2 aromatic carbocycles. The Morgan fingerprint density at radius 3 is 2.42 bits per heavy atom. The summed E-state index contributed by atoms with van der Waals surface area (Å²) in [4.78, 5) is 13.2. The lowest BCUT2D eigenvalue weighted by Crippen LogP contribution is -2.44. The van der Waals surface area contributed by atoms with Crippen molar-refractivity contribution in [2.24, 2.45) is 0 Å². The lowest BCUT2D eigenvalue weighted by Gasteiger charge is -2.31. The fraction of sp³-hybridized carbons (Fsp3) is 0.316. The molecule has 0 aliphatic carbocycles. The van der Waals surface area contributed by atoms with Gasteiger partial charge in [-0.3, -0.25) is 4.90 Å². The summed E-state index contributed by atoms with van der Waals surface area (Å²) in [5.74, 6) is 0. The number of hydrogen-bond acceptors (Lipinski definition) is 3. The van der Waals surface area contributed by atoms with Crippen molar-refractivity contribution in [3.05, 3.63) is 65.7 Å². The van der Waals surface area contributed by atoms with Crippen LogP contribution in [0.15, 0.2) is 54.6 Å². The molecular formula is C19H22N2O3. The highest BCUT2D eigenvalue weighted by atomic mass is 16.4. The molecule has 1 saturated heterocycles. The van der Waals surface area contributed by atoms with Gasteiger partial charge in [0, 0.05) is 11.7 Å². The molecular weight excluding hydrogens is 304 g/mol. The van der Waals surface area contributed by atoms with E-state index in [2.05, 4.69) is 0 Å². The van der Waals surface area contributed by atoms with Crippen LogP contribution in [0, 0.1) is 0 Å². The summed E-state index contributed by atoms with van der Waals surface area (Å²) in [7, 11) is 0. The average molecular weight is 326 g/mol. The van der Waals surface area contributed by atoms with E-state index < -0.39 is 18.2 Å². The second kappa shape index (κ2) is 6.93. The van der Waals surface area contributed by atoms with Crippen molar-refractivity contribution in [2.75, 3.05) is 5.73 Å². The molecule has 3 atom stereocenters. The zero-order valence-electron chi connectivity index (χ0n) is 13.4. The van der Waals surface area contributed by atoms with Gasteiger partial charge >= 0.3 is 6.09 Å². The Labute approximate surface area is 141 Å². The molecule has 1 unspecified atom stereocenters. The number of aliphatic hydroxyl groups is 1. The van der Waals surface area contributed by atoms with Crippen LogP contribution in [0.25, 0.3) is 0 Å². The maximum absolute atomic E-state index is 11.8. The molecule has 2 aromatic rings. The van der Waals surface area contributed by atoms with E-state index in [9.17, 15) is 15.0 Å². The summed E-state index contributed by atoms with van der Waals surface area (Å²) in [6, 6.07) is 16.2. The number of carboxylic acid groups (broad SMARTS) is 1. The minimum Gasteiger partial charge on any atom is -0.465 e. The van der Waals surface area contributed by atoms with Gasteiger partial charge in [0.25, 0.3) is 0 Å². The van der Waals surface area contributed by atoms with Crippen molar-refractivity contribution in [2.45, 2.75) is 37.5 Å². The number of amides is 1. The first-order valence-corrected chi connectivity index (χ1v) is 8.15. The highest BCUT2D eigenvalue weighted by Gasteiger charge is 2.41. The summed E-state index contributed by atoms with van der Waals surface area (Å²) >= 11 is 0. The fourth-order valence-electron chi connectivity index (χ4n) is 3.52. The minimum atomic E-state index is -0.979. The quantitative estimate of drug-likeness (QED) is 0.754. The van der Waals surface area contributed by atoms with Crippen LogP contribution in [0.5, 0.6) is 0 Å². The highest BCUT2D eigenvalue weighted by Crippen LogP contribution is 2.34. The number of nitrogens with two attached hydrogens (primary N) is 1. The Kier molecular flexibility index (Phi) is 4.71. The van der Waals surface area contributed by atoms with Crippen LogP contribution in [0.3, 0.4) is 0 Å². The van der Waals surface area contributed by atoms with Gasteiger partial charge in [-0.2, -0.15) is 0 Å². The first kappa shape index (κ1) is 16.3. The predicted octanol–water partition coefficient (Wildman–Crippen LogP) is 3.06. The lowest BCUT2D eigenvalue weighted by molar-refractivity contribution is 0.0540. The van der Waals surface area contributed by atoms with Gasteiger partial charge in [-0.15, -0.1) is 0 Å². The van der Waals surface area contributed by atoms with E-state index in [0.717, 1.165) is 17.5 Å². The van der Waals surface area contributed by atoms with Crippen molar-refractivity contribution < 1.29 is 15.0 Å². The molecule has 4 N–H and O–H groups in total. The van der Waals surface area contributed by atoms with E-state index in [1.807, 2.05) is 54.6 Å². The molecule has 1 fully saturated rings. The van der Waals surface area contributed by atoms with Gasteiger partial charge in [-0.25, -0.2) is 4.79 Å². The molecule has 0 saturated carbocycles. The molecule has 5 nitrogen and oxygen atoms in total. The summed E-state index contributed by atoms with van der Waals surface area (Å²) in [6.07, 6.45) is 0.240. The van der Waals surface area contributed by atoms with E-state index in [0.29, 0.717) is 18.5 Å². The number of nitrogens with zero attached hydrogens (tertiary/aromatic N) is 1. The van der Waals surface area contributed by atoms with Gasteiger partial charge in [0.2, 0.25) is 0 Å². The van der Waals surface area contributed by atoms with Gasteiger partial charge in [0.15, 0.2) is 0 Å². The molecule has 0 bridgehead atoms. The molecule has 1 aliphatic heterocycles. The van der Waals surface area contributed by atoms with Gasteiger partial charge in [0.1, 0.15) is 0 Å². The molecule has 5 heteroatoms. The maximum atomic E-state index is 11.8. The van der Waals surface area contributed by atoms with Crippen molar-refractivity contribution in [3.63, 3.8) is 0 Å². The molecule has 24 heavy (non-hydrogen) atoms. The zero-order chi connectivity index (χ0) is 17.1. The molecule has 0 radical (unpaired) electrons. The third kappa shape index (κ3) is 3.36. The van der Waals surface area contributed by atoms with Crippen LogP contribution in [0.4, 0.5) is 10.5 Å². The van der Waals surface area contributed by atoms with Gasteiger partial charge < -0.3 is 15.9 Å². The number of rotatable bonds is 4. The second-order valence-corrected chi connectivity index (χ2v) is 6.29. The van der Waals surface area contributed by atoms with E-state index in [1.165, 1.54) is 4.90 Å². The standard InChI is InChI=1S/C19H22N2O3/c20-15-8-6-13(7-9-15)12-16-10-11-17(21(16)19(23)24)18(22)14-4-2-1-3-5-14/h1-9,16-18,22H,10-12,20H2,(H,23,24)/t16-,17+,18?/m0/s1. The van der Waals surface area contributed by atoms with Gasteiger partial charge in [-0.05, 0) is 42.5 Å². The highest BCUT2D eigenvalue weighted by molar-refractivity contribution is 5.66. The van der Waals surface area contributed by atoms with E-state index in [-0.39, 0.29) is 6.04 Å². The van der Waals surface area contributed by atoms with Crippen molar-refractivity contribution in [1.82, 2.24) is 4.90 Å². The number of hydrogen-bond donors (Lipinski definition) is 3. The first-order chi connectivity index (χ1) is 11.6. The summed E-state index contributed by atoms with van der Waals surface area (Å²) in [5.41, 5.74) is 8.19. The fourth-order valence-corrected chi connectivity index (χ4v) is 3.52. The predicted molar refractivity (Wildman–Crippen MR) is 92.6 cm³/mol. The van der Waals surface area contributed by atoms with Gasteiger partial charge in [0.05, 0.1) is 12.1 Å². The number of anilines is 1. The van der Waals surface area contributed by atoms with Crippen LogP contribution in [-0.4, -0.2) is 33.3 Å². The summed E-state index contributed by atoms with van der Waals surface area (Å²) < 4.78 is 0. The number of nitrogen functional groups attached to an aromatic ring is 1. The van der Waals surface area contributed by atoms with Crippen LogP contribution in [-0.2, 0) is 6.42 Å². The summed E-state index contributed by atoms with van der Waals surface area (Å²) in [5, 5.41) is 20.3. The first-order valence-electron chi connectivity index (χ1n) is 8.15. The Bertz CT molecular complexity index is 688. The number of carbonyl (C=O) groups is 1. The van der Waals surface area contributed by atoms with Gasteiger partial charge in [-0.1, -0.05) is 42.5 Å². The van der Waals surface area contributed by atoms with E-state index in [4.69, 9.17) is 5.73 Å². The molecule has 1 heterocycles. The monoisotopic (exact) mass is 326 g/mol. The molecule has 3 rings (SSSR count). The van der Waals surface area contributed by atoms with Crippen LogP contribution >= 0.6 is 0 Å². The van der Waals surface area contributed by atoms with Crippen molar-refractivity contribution in [1.29, 1.82) is 0 Å². The van der Waals surface area contributed by atoms with Crippen molar-refractivity contribution in [3.8, 4) is 0 Å². The Morgan fingerprint density at radius 2 is 1.79 bits per heavy atom. The van der Waals surface area contributed by atoms with Crippen LogP contribution < -0.4 is 5.73 Å². The van der Waals surface area contributed by atoms with Crippen LogP contribution in [0.1, 0.15) is 30.1 Å².